The van der Waals surface area contributed by atoms with E-state index >= 15 is 0 Å². The zero-order valence-electron chi connectivity index (χ0n) is 15.8. The van der Waals surface area contributed by atoms with Gasteiger partial charge in [-0.2, -0.15) is 0 Å². The van der Waals surface area contributed by atoms with E-state index in [4.69, 9.17) is 0 Å². The van der Waals surface area contributed by atoms with Gasteiger partial charge in [0.05, 0.1) is 0 Å². The third-order valence-electron chi connectivity index (χ3n) is 4.53. The first-order valence-electron chi connectivity index (χ1n) is 9.37. The van der Waals surface area contributed by atoms with Gasteiger partial charge < -0.3 is 4.90 Å². The van der Waals surface area contributed by atoms with Gasteiger partial charge in [0.1, 0.15) is 0 Å². The Bertz CT molecular complexity index is 907. The number of rotatable bonds is 8. The molecule has 28 heavy (non-hydrogen) atoms. The van der Waals surface area contributed by atoms with Crippen molar-refractivity contribution in [2.24, 2.45) is 0 Å². The average Bonchev–Trinajstić information content (AvgIpc) is 3.16. The molecule has 2 aromatic rings. The monoisotopic (exact) mass is 423 g/mol. The van der Waals surface area contributed by atoms with Gasteiger partial charge in [-0.15, -0.1) is 10.2 Å². The van der Waals surface area contributed by atoms with E-state index in [0.717, 1.165) is 43.0 Å². The molecule has 8 nitrogen and oxygen atoms in total. The Morgan fingerprint density at radius 1 is 1.21 bits per heavy atom. The molecule has 1 fully saturated rings. The van der Waals surface area contributed by atoms with Crippen molar-refractivity contribution in [2.75, 3.05) is 31.5 Å². The number of carbonyl (C=O) groups is 1. The van der Waals surface area contributed by atoms with Gasteiger partial charge in [0.2, 0.25) is 9.47 Å². The fraction of sp³-hybridized carbons (Fsp3) is 0.500. The van der Waals surface area contributed by atoms with Crippen LogP contribution in [-0.2, 0) is 10.0 Å². The molecule has 1 aliphatic heterocycles. The summed E-state index contributed by atoms with van der Waals surface area (Å²) in [5.41, 5.74) is 1.44. The van der Waals surface area contributed by atoms with Gasteiger partial charge in [-0.05, 0) is 58.0 Å². The Morgan fingerprint density at radius 2 is 2.00 bits per heavy atom. The van der Waals surface area contributed by atoms with E-state index in [1.165, 1.54) is 19.3 Å². The van der Waals surface area contributed by atoms with Crippen LogP contribution in [0.5, 0.6) is 0 Å². The summed E-state index contributed by atoms with van der Waals surface area (Å²) in [6.07, 6.45) is 4.46. The summed E-state index contributed by atoms with van der Waals surface area (Å²) in [6, 6.07) is 7.11. The van der Waals surface area contributed by atoms with Crippen LogP contribution in [0.15, 0.2) is 28.6 Å². The Kier molecular flexibility index (Phi) is 7.11. The topological polar surface area (TPSA) is 104 Å². The minimum absolute atomic E-state index is 0.148. The zero-order valence-corrected chi connectivity index (χ0v) is 17.5. The zero-order chi connectivity index (χ0) is 20.0. The number of benzene rings is 1. The molecule has 0 unspecified atom stereocenters. The van der Waals surface area contributed by atoms with Gasteiger partial charge >= 0.3 is 0 Å². The molecular weight excluding hydrogens is 398 g/mol. The fourth-order valence-electron chi connectivity index (χ4n) is 3.08. The van der Waals surface area contributed by atoms with Crippen LogP contribution in [-0.4, -0.2) is 55.6 Å². The van der Waals surface area contributed by atoms with Gasteiger partial charge in [-0.25, -0.2) is 13.1 Å². The predicted molar refractivity (Wildman–Crippen MR) is 109 cm³/mol. The van der Waals surface area contributed by atoms with Crippen molar-refractivity contribution in [2.45, 2.75) is 36.9 Å². The van der Waals surface area contributed by atoms with E-state index < -0.39 is 10.0 Å². The molecule has 0 radical (unpaired) electrons. The number of amides is 1. The number of likely N-dealkylation sites (tertiary alicyclic amines) is 1. The Morgan fingerprint density at radius 3 is 2.75 bits per heavy atom. The van der Waals surface area contributed by atoms with Gasteiger partial charge in [-0.1, -0.05) is 35.5 Å². The summed E-state index contributed by atoms with van der Waals surface area (Å²) < 4.78 is 27.1. The molecule has 1 saturated heterocycles. The number of hydrogen-bond acceptors (Lipinski definition) is 7. The maximum absolute atomic E-state index is 12.4. The second kappa shape index (κ2) is 9.55. The number of sulfonamides is 1. The Balaban J connectivity index is 1.50. The lowest BCUT2D eigenvalue weighted by Crippen LogP contribution is -2.33. The largest absolute Gasteiger partial charge is 0.303 e. The number of aromatic nitrogens is 2. The highest BCUT2D eigenvalue weighted by atomic mass is 32.2. The van der Waals surface area contributed by atoms with Crippen molar-refractivity contribution in [1.29, 1.82) is 0 Å². The summed E-state index contributed by atoms with van der Waals surface area (Å²) in [5.74, 6) is -0.349. The van der Waals surface area contributed by atoms with Crippen molar-refractivity contribution < 1.29 is 13.2 Å². The van der Waals surface area contributed by atoms with E-state index in [1.54, 1.807) is 18.2 Å². The molecule has 0 bridgehead atoms. The van der Waals surface area contributed by atoms with Crippen molar-refractivity contribution in [3.63, 3.8) is 0 Å². The number of nitrogens with zero attached hydrogens (tertiary/aromatic N) is 3. The van der Waals surface area contributed by atoms with Gasteiger partial charge in [0.15, 0.2) is 0 Å². The first-order chi connectivity index (χ1) is 13.4. The number of hydrogen-bond donors (Lipinski definition) is 2. The van der Waals surface area contributed by atoms with Gasteiger partial charge in [0.25, 0.3) is 15.9 Å². The Labute approximate surface area is 169 Å². The molecule has 0 aliphatic carbocycles. The molecule has 2 N–H and O–H groups in total. The summed E-state index contributed by atoms with van der Waals surface area (Å²) in [6.45, 7) is 5.31. The second-order valence-corrected chi connectivity index (χ2v) is 9.77. The predicted octanol–water partition coefficient (Wildman–Crippen LogP) is 2.25. The van der Waals surface area contributed by atoms with E-state index in [9.17, 15) is 13.2 Å². The van der Waals surface area contributed by atoms with Crippen LogP contribution in [0.1, 0.15) is 41.6 Å². The van der Waals surface area contributed by atoms with E-state index in [-0.39, 0.29) is 15.4 Å². The Hall–Kier alpha value is -1.88. The molecule has 0 spiro atoms. The van der Waals surface area contributed by atoms with Gasteiger partial charge in [0, 0.05) is 12.1 Å². The van der Waals surface area contributed by atoms with Crippen LogP contribution in [0, 0.1) is 6.92 Å². The fourth-order valence-corrected chi connectivity index (χ4v) is 5.09. The molecule has 1 amide bonds. The van der Waals surface area contributed by atoms with Crippen LogP contribution in [0.2, 0.25) is 0 Å². The SMILES string of the molecule is Cc1cccc(C(=O)Nc2nnc(S(=O)(=O)NCCCN3CCCCC3)s2)c1. The lowest BCUT2D eigenvalue weighted by molar-refractivity contribution is 0.102. The third kappa shape index (κ3) is 5.81. The molecule has 10 heteroatoms. The molecule has 1 aromatic heterocycles. The highest BCUT2D eigenvalue weighted by molar-refractivity contribution is 7.91. The number of piperidine rings is 1. The summed E-state index contributed by atoms with van der Waals surface area (Å²) in [5, 5.41) is 10.2. The number of nitrogens with one attached hydrogen (secondary N) is 2. The highest BCUT2D eigenvalue weighted by Gasteiger charge is 2.21. The van der Waals surface area contributed by atoms with Crippen LogP contribution in [0.3, 0.4) is 0 Å². The summed E-state index contributed by atoms with van der Waals surface area (Å²) in [7, 11) is -3.72. The molecule has 1 aromatic carbocycles. The number of aryl methyl sites for hydroxylation is 1. The van der Waals surface area contributed by atoms with Crippen LogP contribution in [0.4, 0.5) is 5.13 Å². The minimum atomic E-state index is -3.72. The first-order valence-corrected chi connectivity index (χ1v) is 11.7. The van der Waals surface area contributed by atoms with Crippen LogP contribution >= 0.6 is 11.3 Å². The van der Waals surface area contributed by atoms with Gasteiger partial charge in [-0.3, -0.25) is 10.1 Å². The maximum atomic E-state index is 12.4. The second-order valence-electron chi connectivity index (χ2n) is 6.85. The first kappa shape index (κ1) is 20.8. The molecule has 0 atom stereocenters. The van der Waals surface area contributed by atoms with Crippen LogP contribution in [0.25, 0.3) is 0 Å². The van der Waals surface area contributed by atoms with E-state index in [2.05, 4.69) is 25.1 Å². The van der Waals surface area contributed by atoms with Crippen molar-refractivity contribution in [3.05, 3.63) is 35.4 Å². The number of carbonyl (C=O) groups excluding carboxylic acids is 1. The van der Waals surface area contributed by atoms with Crippen molar-refractivity contribution in [3.8, 4) is 0 Å². The molecule has 2 heterocycles. The maximum Gasteiger partial charge on any atom is 0.269 e. The standard InChI is InChI=1S/C18H25N5O3S2/c1-14-7-5-8-15(13-14)16(24)20-17-21-22-18(27-17)28(25,26)19-9-6-12-23-10-3-2-4-11-23/h5,7-8,13,19H,2-4,6,9-12H2,1H3,(H,20,21,24). The highest BCUT2D eigenvalue weighted by Crippen LogP contribution is 2.20. The quantitative estimate of drug-likeness (QED) is 0.498. The van der Waals surface area contributed by atoms with Crippen LogP contribution < -0.4 is 10.0 Å². The minimum Gasteiger partial charge on any atom is -0.303 e. The molecule has 1 aliphatic rings. The van der Waals surface area contributed by atoms with Crippen molar-refractivity contribution >= 4 is 32.4 Å². The van der Waals surface area contributed by atoms with E-state index in [0.29, 0.717) is 12.1 Å². The summed E-state index contributed by atoms with van der Waals surface area (Å²) in [4.78, 5) is 14.6. The lowest BCUT2D eigenvalue weighted by atomic mass is 10.1. The molecule has 0 saturated carbocycles. The number of anilines is 1. The van der Waals surface area contributed by atoms with E-state index in [1.807, 2.05) is 13.0 Å². The lowest BCUT2D eigenvalue weighted by Gasteiger charge is -2.26. The van der Waals surface area contributed by atoms with Crippen molar-refractivity contribution in [1.82, 2.24) is 19.8 Å². The molecular formula is C18H25N5O3S2. The molecule has 152 valence electrons. The average molecular weight is 424 g/mol. The smallest absolute Gasteiger partial charge is 0.269 e. The summed E-state index contributed by atoms with van der Waals surface area (Å²) >= 11 is 0.838. The normalized spacial score (nSPS) is 15.5. The third-order valence-corrected chi connectivity index (χ3v) is 7.20. The molecule has 3 rings (SSSR count).